The van der Waals surface area contributed by atoms with E-state index in [1.807, 2.05) is 48.5 Å². The Morgan fingerprint density at radius 2 is 1.82 bits per heavy atom. The van der Waals surface area contributed by atoms with E-state index in [1.54, 1.807) is 0 Å². The van der Waals surface area contributed by atoms with Crippen LogP contribution < -0.4 is 10.1 Å². The fourth-order valence-corrected chi connectivity index (χ4v) is 3.90. The summed E-state index contributed by atoms with van der Waals surface area (Å²) < 4.78 is 6.07. The van der Waals surface area contributed by atoms with Crippen LogP contribution in [-0.2, 0) is 9.59 Å². The molecule has 2 aromatic carbocycles. The predicted molar refractivity (Wildman–Crippen MR) is 131 cm³/mol. The molecule has 2 aromatic rings. The number of amides is 1. The highest BCUT2D eigenvalue weighted by atomic mass is 16.5. The number of carbonyl (C=O) groups is 2. The van der Waals surface area contributed by atoms with Gasteiger partial charge in [0.25, 0.3) is 0 Å². The van der Waals surface area contributed by atoms with Crippen LogP contribution >= 0.6 is 0 Å². The molecule has 1 amide bonds. The lowest BCUT2D eigenvalue weighted by Gasteiger charge is -2.32. The van der Waals surface area contributed by atoms with Crippen LogP contribution in [0.4, 0.5) is 0 Å². The van der Waals surface area contributed by atoms with Crippen molar-refractivity contribution < 1.29 is 19.4 Å². The maximum Gasteiger partial charge on any atom is 0.303 e. The summed E-state index contributed by atoms with van der Waals surface area (Å²) >= 11 is 0. The number of hydrogen-bond donors (Lipinski definition) is 2. The Bertz CT molecular complexity index is 946. The van der Waals surface area contributed by atoms with E-state index < -0.39 is 5.97 Å². The van der Waals surface area contributed by atoms with Gasteiger partial charge in [0.2, 0.25) is 5.91 Å². The molecule has 1 heterocycles. The summed E-state index contributed by atoms with van der Waals surface area (Å²) in [6.45, 7) is 5.73. The van der Waals surface area contributed by atoms with Crippen molar-refractivity contribution in [3.05, 3.63) is 54.1 Å². The van der Waals surface area contributed by atoms with Crippen LogP contribution in [0.2, 0.25) is 0 Å². The number of carboxylic acids is 1. The number of fused-ring (bicyclic) bond motifs is 1. The van der Waals surface area contributed by atoms with Gasteiger partial charge in [0.05, 0.1) is 5.57 Å². The molecule has 7 heteroatoms. The zero-order chi connectivity index (χ0) is 23.5. The number of benzene rings is 2. The lowest BCUT2D eigenvalue weighted by atomic mass is 10.1. The number of hydrogen-bond acceptors (Lipinski definition) is 5. The van der Waals surface area contributed by atoms with Crippen LogP contribution in [0.1, 0.15) is 25.7 Å². The highest BCUT2D eigenvalue weighted by Crippen LogP contribution is 2.25. The van der Waals surface area contributed by atoms with Gasteiger partial charge in [-0.2, -0.15) is 0 Å². The van der Waals surface area contributed by atoms with Crippen LogP contribution in [0.25, 0.3) is 10.8 Å². The smallest absolute Gasteiger partial charge is 0.303 e. The van der Waals surface area contributed by atoms with E-state index in [4.69, 9.17) is 9.84 Å². The van der Waals surface area contributed by atoms with Gasteiger partial charge in [-0.25, -0.2) is 0 Å². The minimum Gasteiger partial charge on any atom is -0.488 e. The first-order valence-corrected chi connectivity index (χ1v) is 11.7. The lowest BCUT2D eigenvalue weighted by Crippen LogP contribution is -2.47. The second-order valence-corrected chi connectivity index (χ2v) is 8.54. The van der Waals surface area contributed by atoms with Crippen LogP contribution in [0, 0.1) is 0 Å². The molecule has 33 heavy (non-hydrogen) atoms. The Morgan fingerprint density at radius 1 is 1.06 bits per heavy atom. The van der Waals surface area contributed by atoms with E-state index in [2.05, 4.69) is 22.2 Å². The molecule has 0 radical (unpaired) electrons. The summed E-state index contributed by atoms with van der Waals surface area (Å²) in [6, 6.07) is 13.9. The SMILES string of the molecule is CN1CCN(CCNC(=O)/C(=C/CCCCC(=O)O)COc2cccc3ccccc23)CC1. The maximum absolute atomic E-state index is 12.9. The van der Waals surface area contributed by atoms with Gasteiger partial charge in [-0.15, -0.1) is 0 Å². The fourth-order valence-electron chi connectivity index (χ4n) is 3.90. The molecule has 3 rings (SSSR count). The Kier molecular flexibility index (Phi) is 9.72. The normalized spacial score (nSPS) is 15.5. The van der Waals surface area contributed by atoms with Gasteiger partial charge in [0.15, 0.2) is 0 Å². The van der Waals surface area contributed by atoms with Crippen molar-refractivity contribution in [1.29, 1.82) is 0 Å². The maximum atomic E-state index is 12.9. The first kappa shape index (κ1) is 24.7. The number of piperazine rings is 1. The Balaban J connectivity index is 1.57. The van der Waals surface area contributed by atoms with Crippen molar-refractivity contribution in [2.75, 3.05) is 52.9 Å². The van der Waals surface area contributed by atoms with Crippen molar-refractivity contribution in [2.45, 2.75) is 25.7 Å². The Morgan fingerprint density at radius 3 is 2.61 bits per heavy atom. The predicted octanol–water partition coefficient (Wildman–Crippen LogP) is 3.15. The van der Waals surface area contributed by atoms with Crippen molar-refractivity contribution in [3.63, 3.8) is 0 Å². The first-order valence-electron chi connectivity index (χ1n) is 11.7. The molecule has 178 valence electrons. The third kappa shape index (κ3) is 8.18. The van der Waals surface area contributed by atoms with Gasteiger partial charge >= 0.3 is 5.97 Å². The van der Waals surface area contributed by atoms with Crippen LogP contribution in [-0.4, -0.2) is 79.7 Å². The molecule has 0 atom stereocenters. The third-order valence-electron chi connectivity index (χ3n) is 5.97. The van der Waals surface area contributed by atoms with Crippen molar-refractivity contribution in [3.8, 4) is 5.75 Å². The highest BCUT2D eigenvalue weighted by molar-refractivity contribution is 5.94. The summed E-state index contributed by atoms with van der Waals surface area (Å²) in [4.78, 5) is 28.3. The molecule has 0 aromatic heterocycles. The van der Waals surface area contributed by atoms with E-state index >= 15 is 0 Å². The molecule has 1 fully saturated rings. The molecule has 0 unspecified atom stereocenters. The van der Waals surface area contributed by atoms with Gasteiger partial charge in [-0.1, -0.05) is 42.5 Å². The van der Waals surface area contributed by atoms with E-state index in [-0.39, 0.29) is 18.9 Å². The van der Waals surface area contributed by atoms with Gasteiger partial charge in [-0.3, -0.25) is 14.5 Å². The topological polar surface area (TPSA) is 82.1 Å². The molecule has 0 saturated carbocycles. The monoisotopic (exact) mass is 453 g/mol. The number of allylic oxidation sites excluding steroid dienone is 1. The number of ether oxygens (including phenoxy) is 1. The number of aliphatic carboxylic acids is 1. The van der Waals surface area contributed by atoms with Gasteiger partial charge in [-0.05, 0) is 37.8 Å². The highest BCUT2D eigenvalue weighted by Gasteiger charge is 2.15. The van der Waals surface area contributed by atoms with Crippen LogP contribution in [0.15, 0.2) is 54.1 Å². The van der Waals surface area contributed by atoms with Crippen molar-refractivity contribution in [2.24, 2.45) is 0 Å². The second kappa shape index (κ2) is 13.0. The van der Waals surface area contributed by atoms with Crippen molar-refractivity contribution in [1.82, 2.24) is 15.1 Å². The molecule has 0 aliphatic carbocycles. The van der Waals surface area contributed by atoms with E-state index in [0.717, 1.165) is 55.7 Å². The number of likely N-dealkylation sites (N-methyl/N-ethyl adjacent to an activating group) is 1. The summed E-state index contributed by atoms with van der Waals surface area (Å²) in [5.41, 5.74) is 0.580. The number of carboxylic acid groups (broad SMARTS) is 1. The van der Waals surface area contributed by atoms with Gasteiger partial charge in [0, 0.05) is 51.1 Å². The summed E-state index contributed by atoms with van der Waals surface area (Å²) in [7, 11) is 2.13. The standard InChI is InChI=1S/C26H35N3O4/c1-28-16-18-29(19-17-28)15-14-27-26(32)22(9-3-2-4-13-25(30)31)20-33-24-12-7-10-21-8-5-6-11-23(21)24/h5-12H,2-4,13-20H2,1H3,(H,27,32)(H,30,31)/b22-9+. The number of rotatable bonds is 12. The zero-order valence-corrected chi connectivity index (χ0v) is 19.5. The van der Waals surface area contributed by atoms with Crippen molar-refractivity contribution >= 4 is 22.6 Å². The number of nitrogens with one attached hydrogen (secondary N) is 1. The molecular weight excluding hydrogens is 418 g/mol. The lowest BCUT2D eigenvalue weighted by molar-refractivity contribution is -0.137. The average Bonchev–Trinajstić information content (AvgIpc) is 2.81. The summed E-state index contributed by atoms with van der Waals surface area (Å²) in [6.07, 6.45) is 3.99. The molecular formula is C26H35N3O4. The Labute approximate surface area is 196 Å². The van der Waals surface area contributed by atoms with E-state index in [0.29, 0.717) is 25.0 Å². The molecule has 7 nitrogen and oxygen atoms in total. The molecule has 0 spiro atoms. The molecule has 2 N–H and O–H groups in total. The number of unbranched alkanes of at least 4 members (excludes halogenated alkanes) is 2. The molecule has 0 bridgehead atoms. The molecule has 1 saturated heterocycles. The largest absolute Gasteiger partial charge is 0.488 e. The van der Waals surface area contributed by atoms with E-state index in [9.17, 15) is 9.59 Å². The average molecular weight is 454 g/mol. The second-order valence-electron chi connectivity index (χ2n) is 8.54. The van der Waals surface area contributed by atoms with E-state index in [1.165, 1.54) is 0 Å². The fraction of sp³-hybridized carbons (Fsp3) is 0.462. The first-order chi connectivity index (χ1) is 16.0. The third-order valence-corrected chi connectivity index (χ3v) is 5.97. The quantitative estimate of drug-likeness (QED) is 0.380. The molecule has 1 aliphatic rings. The molecule has 1 aliphatic heterocycles. The minimum absolute atomic E-state index is 0.123. The Hall–Kier alpha value is -2.90. The summed E-state index contributed by atoms with van der Waals surface area (Å²) in [5.74, 6) is -0.169. The number of nitrogens with zero attached hydrogens (tertiary/aromatic N) is 2. The number of carbonyl (C=O) groups excluding carboxylic acids is 1. The van der Waals surface area contributed by atoms with Gasteiger partial charge in [0.1, 0.15) is 12.4 Å². The van der Waals surface area contributed by atoms with Crippen LogP contribution in [0.5, 0.6) is 5.75 Å². The minimum atomic E-state index is -0.792. The zero-order valence-electron chi connectivity index (χ0n) is 19.5. The summed E-state index contributed by atoms with van der Waals surface area (Å²) in [5, 5.41) is 14.0. The van der Waals surface area contributed by atoms with Crippen LogP contribution in [0.3, 0.4) is 0 Å². The van der Waals surface area contributed by atoms with Gasteiger partial charge < -0.3 is 20.1 Å².